The predicted molar refractivity (Wildman–Crippen MR) is 66.9 cm³/mol. The van der Waals surface area contributed by atoms with Crippen LogP contribution in [0.1, 0.15) is 18.9 Å². The van der Waals surface area contributed by atoms with Gasteiger partial charge in [-0.25, -0.2) is 0 Å². The number of fused-ring (bicyclic) bond motifs is 1. The highest BCUT2D eigenvalue weighted by Gasteiger charge is 2.22. The van der Waals surface area contributed by atoms with Crippen LogP contribution in [0.4, 0.5) is 0 Å². The summed E-state index contributed by atoms with van der Waals surface area (Å²) in [6, 6.07) is 10.7. The Kier molecular flexibility index (Phi) is 3.17. The standard InChI is InChI=1S/C13H14O3S/c1-2-6-10-9-13(17(14,15)16)12-8-5-3-4-7-11(10)12/h3-5,7-9H,2,6H2,1H3,(H,14,15,16). The van der Waals surface area contributed by atoms with Gasteiger partial charge in [0.25, 0.3) is 10.1 Å². The van der Waals surface area contributed by atoms with Crippen LogP contribution < -0.4 is 0 Å². The van der Waals surface area contributed by atoms with Gasteiger partial charge in [0.2, 0.25) is 0 Å². The first-order valence-electron chi connectivity index (χ1n) is 5.52. The lowest BCUT2D eigenvalue weighted by Crippen LogP contribution is -1.96. The van der Waals surface area contributed by atoms with Crippen molar-refractivity contribution in [3.8, 4) is 11.1 Å². The van der Waals surface area contributed by atoms with Crippen molar-refractivity contribution in [1.82, 2.24) is 0 Å². The van der Waals surface area contributed by atoms with Gasteiger partial charge < -0.3 is 0 Å². The second kappa shape index (κ2) is 4.47. The molecule has 2 aliphatic rings. The summed E-state index contributed by atoms with van der Waals surface area (Å²) < 4.78 is 31.9. The first kappa shape index (κ1) is 12.1. The van der Waals surface area contributed by atoms with Gasteiger partial charge in [0.15, 0.2) is 0 Å². The van der Waals surface area contributed by atoms with E-state index in [9.17, 15) is 13.0 Å². The van der Waals surface area contributed by atoms with Crippen LogP contribution >= 0.6 is 0 Å². The van der Waals surface area contributed by atoms with Gasteiger partial charge >= 0.3 is 0 Å². The van der Waals surface area contributed by atoms with E-state index >= 15 is 0 Å². The van der Waals surface area contributed by atoms with Crippen LogP contribution in [0, 0.1) is 0 Å². The predicted octanol–water partition coefficient (Wildman–Crippen LogP) is 2.99. The third kappa shape index (κ3) is 2.33. The summed E-state index contributed by atoms with van der Waals surface area (Å²) in [6.07, 6.45) is 1.73. The van der Waals surface area contributed by atoms with Crippen molar-refractivity contribution >= 4 is 10.1 Å². The molecule has 3 nitrogen and oxygen atoms in total. The van der Waals surface area contributed by atoms with Crippen LogP contribution in [0.5, 0.6) is 0 Å². The van der Waals surface area contributed by atoms with Gasteiger partial charge in [0, 0.05) is 5.56 Å². The second-order valence-electron chi connectivity index (χ2n) is 4.00. The Morgan fingerprint density at radius 1 is 1.12 bits per heavy atom. The normalized spacial score (nSPS) is 11.9. The van der Waals surface area contributed by atoms with E-state index in [0.29, 0.717) is 5.56 Å². The summed E-state index contributed by atoms with van der Waals surface area (Å²) in [5.41, 5.74) is 2.44. The Hall–Kier alpha value is -1.39. The van der Waals surface area contributed by atoms with E-state index in [1.54, 1.807) is 18.2 Å². The fourth-order valence-corrected chi connectivity index (χ4v) is 2.79. The van der Waals surface area contributed by atoms with Gasteiger partial charge in [-0.05, 0) is 23.6 Å². The van der Waals surface area contributed by atoms with Crippen molar-refractivity contribution < 1.29 is 13.0 Å². The average molecular weight is 250 g/mol. The molecule has 0 unspecified atom stereocenters. The third-order valence-corrected chi connectivity index (χ3v) is 3.65. The van der Waals surface area contributed by atoms with E-state index in [2.05, 4.69) is 0 Å². The van der Waals surface area contributed by atoms with Crippen LogP contribution in [0.15, 0.2) is 41.3 Å². The molecule has 2 rings (SSSR count). The van der Waals surface area contributed by atoms with Crippen molar-refractivity contribution in [2.24, 2.45) is 0 Å². The smallest absolute Gasteiger partial charge is 0.282 e. The summed E-state index contributed by atoms with van der Waals surface area (Å²) in [6.45, 7) is 2.04. The minimum absolute atomic E-state index is 0.00662. The molecule has 0 bridgehead atoms. The topological polar surface area (TPSA) is 54.4 Å². The number of rotatable bonds is 3. The molecule has 0 spiro atoms. The summed E-state index contributed by atoms with van der Waals surface area (Å²) in [5, 5.41) is 0. The van der Waals surface area contributed by atoms with Crippen LogP contribution in [-0.2, 0) is 16.5 Å². The Labute approximate surface area is 101 Å². The van der Waals surface area contributed by atoms with Crippen molar-refractivity contribution in [1.29, 1.82) is 0 Å². The highest BCUT2D eigenvalue weighted by atomic mass is 32.2. The minimum Gasteiger partial charge on any atom is -0.282 e. The molecule has 0 amide bonds. The third-order valence-electron chi connectivity index (χ3n) is 2.75. The maximum absolute atomic E-state index is 11.3. The Bertz CT molecular complexity index is 602. The van der Waals surface area contributed by atoms with Crippen LogP contribution in [-0.4, -0.2) is 13.0 Å². The van der Waals surface area contributed by atoms with Gasteiger partial charge in [-0.15, -0.1) is 0 Å². The van der Waals surface area contributed by atoms with Gasteiger partial charge in [-0.2, -0.15) is 8.42 Å². The monoisotopic (exact) mass is 250 g/mol. The molecular formula is C13H14O3S. The molecule has 17 heavy (non-hydrogen) atoms. The fraction of sp³-hybridized carbons (Fsp3) is 0.231. The lowest BCUT2D eigenvalue weighted by atomic mass is 10.1. The molecule has 0 fully saturated rings. The molecule has 0 aliphatic heterocycles. The van der Waals surface area contributed by atoms with Crippen molar-refractivity contribution in [3.05, 3.63) is 42.0 Å². The maximum Gasteiger partial charge on any atom is 0.295 e. The summed E-state index contributed by atoms with van der Waals surface area (Å²) >= 11 is 0. The van der Waals surface area contributed by atoms with E-state index in [-0.39, 0.29) is 4.90 Å². The summed E-state index contributed by atoms with van der Waals surface area (Å²) in [4.78, 5) is 0.00662. The van der Waals surface area contributed by atoms with Gasteiger partial charge in [0.1, 0.15) is 4.90 Å². The molecule has 0 heterocycles. The van der Waals surface area contributed by atoms with E-state index in [0.717, 1.165) is 24.0 Å². The zero-order valence-corrected chi connectivity index (χ0v) is 10.4. The minimum atomic E-state index is -4.16. The fourth-order valence-electron chi connectivity index (χ4n) is 2.05. The molecule has 0 aromatic rings. The number of hydrogen-bond acceptors (Lipinski definition) is 2. The first-order chi connectivity index (χ1) is 8.04. The molecule has 4 heteroatoms. The average Bonchev–Trinajstić information content (AvgIpc) is 2.46. The highest BCUT2D eigenvalue weighted by molar-refractivity contribution is 7.86. The maximum atomic E-state index is 11.3. The van der Waals surface area contributed by atoms with Gasteiger partial charge in [-0.1, -0.05) is 43.7 Å². The molecular weight excluding hydrogens is 236 g/mol. The van der Waals surface area contributed by atoms with E-state index in [4.69, 9.17) is 0 Å². The van der Waals surface area contributed by atoms with Crippen LogP contribution in [0.25, 0.3) is 11.1 Å². The Morgan fingerprint density at radius 2 is 1.76 bits per heavy atom. The first-order valence-corrected chi connectivity index (χ1v) is 6.96. The lowest BCUT2D eigenvalue weighted by Gasteiger charge is -1.99. The zero-order valence-electron chi connectivity index (χ0n) is 9.55. The van der Waals surface area contributed by atoms with Gasteiger partial charge in [0.05, 0.1) is 0 Å². The van der Waals surface area contributed by atoms with Crippen LogP contribution in [0.2, 0.25) is 0 Å². The Morgan fingerprint density at radius 3 is 2.35 bits per heavy atom. The van der Waals surface area contributed by atoms with Crippen LogP contribution in [0.3, 0.4) is 0 Å². The highest BCUT2D eigenvalue weighted by Crippen LogP contribution is 2.35. The van der Waals surface area contributed by atoms with Crippen molar-refractivity contribution in [2.45, 2.75) is 24.7 Å². The second-order valence-corrected chi connectivity index (χ2v) is 5.39. The molecule has 1 N–H and O–H groups in total. The van der Waals surface area contributed by atoms with Crippen molar-refractivity contribution in [3.63, 3.8) is 0 Å². The van der Waals surface area contributed by atoms with E-state index in [1.165, 1.54) is 0 Å². The SMILES string of the molecule is CCCc1cc(S(=O)(=O)O)c2cccccc1-2. The molecule has 0 aromatic carbocycles. The summed E-state index contributed by atoms with van der Waals surface area (Å²) in [5.74, 6) is 0. The molecule has 0 radical (unpaired) electrons. The molecule has 0 aromatic heterocycles. The van der Waals surface area contributed by atoms with Crippen molar-refractivity contribution in [2.75, 3.05) is 0 Å². The molecule has 2 aliphatic carbocycles. The summed E-state index contributed by atoms with van der Waals surface area (Å²) in [7, 11) is -4.16. The number of aryl methyl sites for hydroxylation is 1. The molecule has 0 saturated heterocycles. The molecule has 0 saturated carbocycles. The lowest BCUT2D eigenvalue weighted by molar-refractivity contribution is 0.484. The van der Waals surface area contributed by atoms with E-state index in [1.807, 2.05) is 25.1 Å². The quantitative estimate of drug-likeness (QED) is 0.852. The van der Waals surface area contributed by atoms with Gasteiger partial charge in [-0.3, -0.25) is 4.55 Å². The number of hydrogen-bond donors (Lipinski definition) is 1. The Balaban J connectivity index is 2.73. The molecule has 90 valence electrons. The molecule has 0 atom stereocenters. The largest absolute Gasteiger partial charge is 0.295 e. The zero-order chi connectivity index (χ0) is 12.5. The van der Waals surface area contributed by atoms with E-state index < -0.39 is 10.1 Å².